The standard InChI is InChI=1S/C11H13Cl2NO4S/c1-2-18-11(15)5-6-14-19(16,17)10-7-8(12)3-4-9(10)13/h3-4,7,14H,2,5-6H2,1H3. The Morgan fingerprint density at radius 1 is 1.37 bits per heavy atom. The first-order valence-corrected chi connectivity index (χ1v) is 7.71. The Bertz CT molecular complexity index is 560. The SMILES string of the molecule is CCOC(=O)CCNS(=O)(=O)c1cc(Cl)ccc1Cl. The van der Waals surface area contributed by atoms with Gasteiger partial charge in [-0.25, -0.2) is 13.1 Å². The van der Waals surface area contributed by atoms with Crippen LogP contribution in [0.15, 0.2) is 23.1 Å². The van der Waals surface area contributed by atoms with Crippen LogP contribution in [0, 0.1) is 0 Å². The first kappa shape index (κ1) is 16.2. The van der Waals surface area contributed by atoms with Crippen LogP contribution < -0.4 is 4.72 Å². The summed E-state index contributed by atoms with van der Waals surface area (Å²) in [6.45, 7) is 1.86. The van der Waals surface area contributed by atoms with Crippen molar-refractivity contribution in [3.8, 4) is 0 Å². The zero-order valence-electron chi connectivity index (χ0n) is 10.2. The van der Waals surface area contributed by atoms with Crippen LogP contribution in [0.2, 0.25) is 10.0 Å². The lowest BCUT2D eigenvalue weighted by Gasteiger charge is -2.08. The van der Waals surface area contributed by atoms with E-state index in [-0.39, 0.29) is 34.5 Å². The summed E-state index contributed by atoms with van der Waals surface area (Å²) in [5.41, 5.74) is 0. The number of nitrogens with one attached hydrogen (secondary N) is 1. The molecule has 1 rings (SSSR count). The maximum atomic E-state index is 11.9. The van der Waals surface area contributed by atoms with Gasteiger partial charge in [-0.05, 0) is 25.1 Å². The minimum absolute atomic E-state index is 0.0503. The zero-order valence-corrected chi connectivity index (χ0v) is 12.5. The van der Waals surface area contributed by atoms with Crippen molar-refractivity contribution in [2.24, 2.45) is 0 Å². The molecular weight excluding hydrogens is 313 g/mol. The maximum Gasteiger partial charge on any atom is 0.307 e. The topological polar surface area (TPSA) is 72.5 Å². The minimum atomic E-state index is -3.80. The number of esters is 1. The monoisotopic (exact) mass is 325 g/mol. The summed E-state index contributed by atoms with van der Waals surface area (Å²) in [5.74, 6) is -0.470. The number of halogens is 2. The lowest BCUT2D eigenvalue weighted by Crippen LogP contribution is -2.27. The van der Waals surface area contributed by atoms with Crippen LogP contribution in [0.1, 0.15) is 13.3 Å². The van der Waals surface area contributed by atoms with Gasteiger partial charge in [-0.2, -0.15) is 0 Å². The fraction of sp³-hybridized carbons (Fsp3) is 0.364. The molecule has 0 aliphatic heterocycles. The maximum absolute atomic E-state index is 11.9. The summed E-state index contributed by atoms with van der Waals surface area (Å²) in [6, 6.07) is 4.13. The van der Waals surface area contributed by atoms with Crippen LogP contribution in [0.4, 0.5) is 0 Å². The van der Waals surface area contributed by atoms with E-state index in [1.54, 1.807) is 6.92 Å². The molecule has 0 radical (unpaired) electrons. The van der Waals surface area contributed by atoms with Crippen LogP contribution in [-0.4, -0.2) is 27.5 Å². The number of rotatable bonds is 6. The third-order valence-electron chi connectivity index (χ3n) is 2.11. The Labute approximate surface area is 121 Å². The van der Waals surface area contributed by atoms with Gasteiger partial charge >= 0.3 is 5.97 Å². The van der Waals surface area contributed by atoms with E-state index in [0.29, 0.717) is 0 Å². The van der Waals surface area contributed by atoms with Crippen molar-refractivity contribution in [2.45, 2.75) is 18.2 Å². The van der Waals surface area contributed by atoms with Gasteiger partial charge in [0.2, 0.25) is 10.0 Å². The molecule has 106 valence electrons. The van der Waals surface area contributed by atoms with E-state index in [9.17, 15) is 13.2 Å². The molecule has 0 bridgehead atoms. The largest absolute Gasteiger partial charge is 0.466 e. The molecule has 0 amide bonds. The predicted molar refractivity (Wildman–Crippen MR) is 72.9 cm³/mol. The molecule has 0 fully saturated rings. The zero-order chi connectivity index (χ0) is 14.5. The number of carbonyl (C=O) groups is 1. The molecule has 0 spiro atoms. The van der Waals surface area contributed by atoms with Crippen molar-refractivity contribution >= 4 is 39.2 Å². The van der Waals surface area contributed by atoms with Crippen molar-refractivity contribution in [1.29, 1.82) is 0 Å². The molecular formula is C11H13Cl2NO4S. The Morgan fingerprint density at radius 2 is 2.05 bits per heavy atom. The van der Waals surface area contributed by atoms with E-state index < -0.39 is 16.0 Å². The average Bonchev–Trinajstić information content (AvgIpc) is 2.32. The van der Waals surface area contributed by atoms with E-state index in [4.69, 9.17) is 23.2 Å². The molecule has 5 nitrogen and oxygen atoms in total. The normalized spacial score (nSPS) is 11.3. The van der Waals surface area contributed by atoms with E-state index >= 15 is 0 Å². The van der Waals surface area contributed by atoms with E-state index in [1.165, 1.54) is 18.2 Å². The van der Waals surface area contributed by atoms with Gasteiger partial charge in [0, 0.05) is 11.6 Å². The van der Waals surface area contributed by atoms with Gasteiger partial charge in [0.25, 0.3) is 0 Å². The summed E-state index contributed by atoms with van der Waals surface area (Å²) < 4.78 is 30.8. The second-order valence-electron chi connectivity index (χ2n) is 3.53. The van der Waals surface area contributed by atoms with Gasteiger partial charge in [0.15, 0.2) is 0 Å². The molecule has 0 saturated heterocycles. The number of hydrogen-bond acceptors (Lipinski definition) is 4. The van der Waals surface area contributed by atoms with Gasteiger partial charge in [-0.3, -0.25) is 4.79 Å². The van der Waals surface area contributed by atoms with Crippen molar-refractivity contribution in [2.75, 3.05) is 13.2 Å². The number of ether oxygens (including phenoxy) is 1. The van der Waals surface area contributed by atoms with Crippen LogP contribution >= 0.6 is 23.2 Å². The molecule has 1 aromatic carbocycles. The van der Waals surface area contributed by atoms with Crippen LogP contribution in [0.25, 0.3) is 0 Å². The lowest BCUT2D eigenvalue weighted by molar-refractivity contribution is -0.142. The highest BCUT2D eigenvalue weighted by Gasteiger charge is 2.18. The van der Waals surface area contributed by atoms with Crippen LogP contribution in [-0.2, 0) is 19.6 Å². The fourth-order valence-corrected chi connectivity index (χ4v) is 3.07. The van der Waals surface area contributed by atoms with Gasteiger partial charge < -0.3 is 4.74 Å². The lowest BCUT2D eigenvalue weighted by atomic mass is 10.4. The average molecular weight is 326 g/mol. The van der Waals surface area contributed by atoms with Crippen molar-refractivity contribution in [3.63, 3.8) is 0 Å². The van der Waals surface area contributed by atoms with E-state index in [2.05, 4.69) is 9.46 Å². The highest BCUT2D eigenvalue weighted by Crippen LogP contribution is 2.24. The summed E-state index contributed by atoms with van der Waals surface area (Å²) in [5, 5.41) is 0.322. The molecule has 8 heteroatoms. The second-order valence-corrected chi connectivity index (χ2v) is 6.11. The van der Waals surface area contributed by atoms with Crippen LogP contribution in [0.5, 0.6) is 0 Å². The summed E-state index contributed by atoms with van der Waals surface area (Å²) in [7, 11) is -3.80. The predicted octanol–water partition coefficient (Wildman–Crippen LogP) is 2.22. The summed E-state index contributed by atoms with van der Waals surface area (Å²) in [4.78, 5) is 11.0. The van der Waals surface area contributed by atoms with E-state index in [0.717, 1.165) is 0 Å². The van der Waals surface area contributed by atoms with Gasteiger partial charge in [-0.1, -0.05) is 23.2 Å². The number of carbonyl (C=O) groups excluding carboxylic acids is 1. The molecule has 0 heterocycles. The van der Waals surface area contributed by atoms with Gasteiger partial charge in [0.05, 0.1) is 18.1 Å². The molecule has 1 aromatic rings. The molecule has 1 N–H and O–H groups in total. The second kappa shape index (κ2) is 7.09. The molecule has 0 unspecified atom stereocenters. The Kier molecular flexibility index (Phi) is 6.06. The molecule has 0 aliphatic rings. The molecule has 0 aliphatic carbocycles. The van der Waals surface area contributed by atoms with Crippen molar-refractivity contribution in [1.82, 2.24) is 4.72 Å². The van der Waals surface area contributed by atoms with Crippen molar-refractivity contribution < 1.29 is 17.9 Å². The van der Waals surface area contributed by atoms with Crippen molar-refractivity contribution in [3.05, 3.63) is 28.2 Å². The minimum Gasteiger partial charge on any atom is -0.466 e. The molecule has 0 aromatic heterocycles. The number of hydrogen-bond donors (Lipinski definition) is 1. The van der Waals surface area contributed by atoms with Gasteiger partial charge in [0.1, 0.15) is 4.90 Å². The Morgan fingerprint density at radius 3 is 2.68 bits per heavy atom. The number of benzene rings is 1. The summed E-state index contributed by atoms with van der Waals surface area (Å²) >= 11 is 11.5. The first-order valence-electron chi connectivity index (χ1n) is 5.47. The first-order chi connectivity index (χ1) is 8.86. The summed E-state index contributed by atoms with van der Waals surface area (Å²) in [6.07, 6.45) is -0.0503. The Balaban J connectivity index is 2.71. The molecule has 0 saturated carbocycles. The molecule has 0 atom stereocenters. The van der Waals surface area contributed by atoms with Gasteiger partial charge in [-0.15, -0.1) is 0 Å². The highest BCUT2D eigenvalue weighted by molar-refractivity contribution is 7.89. The smallest absolute Gasteiger partial charge is 0.307 e. The quantitative estimate of drug-likeness (QED) is 0.814. The number of sulfonamides is 1. The fourth-order valence-electron chi connectivity index (χ4n) is 1.28. The van der Waals surface area contributed by atoms with E-state index in [1.807, 2.05) is 0 Å². The molecule has 19 heavy (non-hydrogen) atoms. The Hall–Kier alpha value is -0.820. The third kappa shape index (κ3) is 4.99. The third-order valence-corrected chi connectivity index (χ3v) is 4.29. The highest BCUT2D eigenvalue weighted by atomic mass is 35.5. The van der Waals surface area contributed by atoms with Crippen LogP contribution in [0.3, 0.4) is 0 Å².